The first-order chi connectivity index (χ1) is 21.3. The molecule has 5 N–H and O–H groups in total. The molecule has 3 amide bonds. The van der Waals surface area contributed by atoms with Gasteiger partial charge in [0.25, 0.3) is 11.9 Å². The SMILES string of the molecule is CC(=O)O.CS(=O)(=O)N1CC(=O)N(c2cccc(CCCCOCCCCCCNC[C@H](O)c3ccc(O)c(CO)c3)c2)C1=O. The van der Waals surface area contributed by atoms with Crippen LogP contribution in [0.15, 0.2) is 42.5 Å². The van der Waals surface area contributed by atoms with Gasteiger partial charge in [-0.25, -0.2) is 22.4 Å². The molecular formula is C31H45N3O10S. The molecule has 1 aliphatic rings. The normalized spacial score (nSPS) is 14.0. The lowest BCUT2D eigenvalue weighted by molar-refractivity contribution is -0.134. The van der Waals surface area contributed by atoms with Crippen LogP contribution < -0.4 is 10.2 Å². The quantitative estimate of drug-likeness (QED) is 0.118. The minimum Gasteiger partial charge on any atom is -0.508 e. The summed E-state index contributed by atoms with van der Waals surface area (Å²) in [6, 6.07) is 10.9. The fourth-order valence-corrected chi connectivity index (χ4v) is 5.29. The molecule has 250 valence electrons. The standard InChI is InChI=1S/C29H41N3O8S.C2H4O2/c1-41(38,39)31-20-28(36)32(29(31)37)25-11-8-10-22(17-25)9-4-7-16-40-15-6-3-2-5-14-30-19-27(35)23-12-13-26(34)24(18-23)21-33;1-2(3)4/h8,10-13,17-18,27,30,33-35H,2-7,9,14-16,19-21H2,1H3;1H3,(H,3,4)/t27-;/m0./s1. The van der Waals surface area contributed by atoms with Crippen LogP contribution in [-0.4, -0.2) is 90.2 Å². The van der Waals surface area contributed by atoms with Gasteiger partial charge in [-0.15, -0.1) is 0 Å². The summed E-state index contributed by atoms with van der Waals surface area (Å²) < 4.78 is 29.8. The van der Waals surface area contributed by atoms with Crippen molar-refractivity contribution in [2.45, 2.75) is 64.6 Å². The van der Waals surface area contributed by atoms with Crippen molar-refractivity contribution in [2.75, 3.05) is 44.0 Å². The number of hydrogen-bond acceptors (Lipinski definition) is 10. The van der Waals surface area contributed by atoms with Crippen molar-refractivity contribution in [1.82, 2.24) is 9.62 Å². The molecule has 45 heavy (non-hydrogen) atoms. The number of phenols is 1. The second kappa shape index (κ2) is 19.1. The summed E-state index contributed by atoms with van der Waals surface area (Å²) in [4.78, 5) is 34.7. The minimum absolute atomic E-state index is 0.0195. The Morgan fingerprint density at radius 2 is 1.69 bits per heavy atom. The van der Waals surface area contributed by atoms with Gasteiger partial charge in [-0.05, 0) is 74.0 Å². The summed E-state index contributed by atoms with van der Waals surface area (Å²) in [6.07, 6.45) is 6.79. The van der Waals surface area contributed by atoms with E-state index in [1.807, 2.05) is 6.07 Å². The second-order valence-corrected chi connectivity index (χ2v) is 12.6. The van der Waals surface area contributed by atoms with Gasteiger partial charge in [-0.3, -0.25) is 9.59 Å². The number of urea groups is 1. The number of sulfonamides is 1. The molecule has 2 aromatic rings. The van der Waals surface area contributed by atoms with Crippen LogP contribution in [0.5, 0.6) is 5.75 Å². The number of carbonyl (C=O) groups is 3. The van der Waals surface area contributed by atoms with E-state index in [0.29, 0.717) is 40.9 Å². The van der Waals surface area contributed by atoms with Crippen LogP contribution >= 0.6 is 0 Å². The number of amides is 3. The largest absolute Gasteiger partial charge is 0.508 e. The molecule has 0 aromatic heterocycles. The average molecular weight is 652 g/mol. The first-order valence-electron chi connectivity index (χ1n) is 14.9. The Morgan fingerprint density at radius 1 is 1.02 bits per heavy atom. The number of aryl methyl sites for hydroxylation is 1. The maximum atomic E-state index is 12.5. The third kappa shape index (κ3) is 13.1. The molecule has 2 aromatic carbocycles. The van der Waals surface area contributed by atoms with Gasteiger partial charge >= 0.3 is 6.03 Å². The van der Waals surface area contributed by atoms with Crippen molar-refractivity contribution >= 4 is 33.6 Å². The molecule has 1 aliphatic heterocycles. The predicted octanol–water partition coefficient (Wildman–Crippen LogP) is 2.93. The van der Waals surface area contributed by atoms with Crippen LogP contribution in [0.2, 0.25) is 0 Å². The monoisotopic (exact) mass is 651 g/mol. The number of hydrogen-bond donors (Lipinski definition) is 5. The summed E-state index contributed by atoms with van der Waals surface area (Å²) in [7, 11) is -3.80. The number of aromatic hydroxyl groups is 1. The van der Waals surface area contributed by atoms with E-state index in [9.17, 15) is 33.3 Å². The van der Waals surface area contributed by atoms with Gasteiger partial charge in [0.05, 0.1) is 24.7 Å². The van der Waals surface area contributed by atoms with E-state index in [-0.39, 0.29) is 12.4 Å². The Balaban J connectivity index is 0.00000166. The molecule has 1 fully saturated rings. The van der Waals surface area contributed by atoms with Crippen molar-refractivity contribution in [1.29, 1.82) is 0 Å². The number of nitrogens with zero attached hydrogens (tertiary/aromatic N) is 2. The third-order valence-corrected chi connectivity index (χ3v) is 7.98. The van der Waals surface area contributed by atoms with Crippen molar-refractivity contribution in [2.24, 2.45) is 0 Å². The molecule has 1 heterocycles. The Morgan fingerprint density at radius 3 is 2.33 bits per heavy atom. The van der Waals surface area contributed by atoms with E-state index < -0.39 is 40.6 Å². The number of imide groups is 1. The predicted molar refractivity (Wildman–Crippen MR) is 168 cm³/mol. The summed E-state index contributed by atoms with van der Waals surface area (Å²) >= 11 is 0. The topological polar surface area (TPSA) is 194 Å². The van der Waals surface area contributed by atoms with Crippen molar-refractivity contribution in [3.63, 3.8) is 0 Å². The number of nitrogens with one attached hydrogen (secondary N) is 1. The van der Waals surface area contributed by atoms with E-state index in [2.05, 4.69) is 5.32 Å². The lowest BCUT2D eigenvalue weighted by Gasteiger charge is -2.16. The number of carboxylic acids is 1. The van der Waals surface area contributed by atoms with Crippen LogP contribution in [0, 0.1) is 0 Å². The number of unbranched alkanes of at least 4 members (excludes halogenated alkanes) is 4. The van der Waals surface area contributed by atoms with Gasteiger partial charge in [-0.2, -0.15) is 0 Å². The molecule has 0 aliphatic carbocycles. The number of carbonyl (C=O) groups excluding carboxylic acids is 2. The molecule has 0 radical (unpaired) electrons. The van der Waals surface area contributed by atoms with Gasteiger partial charge in [0.2, 0.25) is 10.0 Å². The zero-order valence-corrected chi connectivity index (χ0v) is 26.7. The van der Waals surface area contributed by atoms with E-state index in [1.54, 1.807) is 30.3 Å². The highest BCUT2D eigenvalue weighted by Gasteiger charge is 2.41. The molecule has 0 saturated carbocycles. The van der Waals surface area contributed by atoms with Crippen LogP contribution in [0.1, 0.15) is 68.2 Å². The van der Waals surface area contributed by atoms with E-state index in [0.717, 1.165) is 75.1 Å². The van der Waals surface area contributed by atoms with E-state index in [1.165, 1.54) is 6.07 Å². The summed E-state index contributed by atoms with van der Waals surface area (Å²) in [5.41, 5.74) is 2.39. The molecule has 0 bridgehead atoms. The molecule has 13 nitrogen and oxygen atoms in total. The number of ether oxygens (including phenoxy) is 1. The maximum absolute atomic E-state index is 12.5. The molecule has 0 unspecified atom stereocenters. The molecule has 14 heteroatoms. The minimum atomic E-state index is -3.80. The second-order valence-electron chi connectivity index (χ2n) is 10.7. The van der Waals surface area contributed by atoms with Gasteiger partial charge in [0.1, 0.15) is 12.3 Å². The lowest BCUT2D eigenvalue weighted by Crippen LogP contribution is -2.36. The number of anilines is 1. The zero-order valence-electron chi connectivity index (χ0n) is 25.9. The Bertz CT molecular complexity index is 1370. The number of aliphatic hydroxyl groups excluding tert-OH is 2. The Hall–Kier alpha value is -3.56. The van der Waals surface area contributed by atoms with Crippen molar-refractivity contribution in [3.05, 3.63) is 59.2 Å². The Kier molecular flexibility index (Phi) is 15.9. The summed E-state index contributed by atoms with van der Waals surface area (Å²) in [6.45, 7) is 2.88. The molecule has 1 atom stereocenters. The van der Waals surface area contributed by atoms with Crippen LogP contribution in [-0.2, 0) is 37.4 Å². The first-order valence-corrected chi connectivity index (χ1v) is 16.7. The zero-order chi connectivity index (χ0) is 33.4. The van der Waals surface area contributed by atoms with Gasteiger partial charge in [0, 0.05) is 32.2 Å². The average Bonchev–Trinajstić information content (AvgIpc) is 3.29. The fraction of sp³-hybridized carbons (Fsp3) is 0.516. The number of rotatable bonds is 18. The summed E-state index contributed by atoms with van der Waals surface area (Å²) in [5, 5.41) is 39.8. The van der Waals surface area contributed by atoms with E-state index >= 15 is 0 Å². The van der Waals surface area contributed by atoms with Crippen molar-refractivity contribution < 1.29 is 48.0 Å². The molecular weight excluding hydrogens is 606 g/mol. The number of aliphatic hydroxyl groups is 2. The summed E-state index contributed by atoms with van der Waals surface area (Å²) in [5.74, 6) is -1.38. The number of aliphatic carboxylic acids is 1. The first kappa shape index (κ1) is 37.6. The van der Waals surface area contributed by atoms with Gasteiger partial charge in [-0.1, -0.05) is 31.0 Å². The highest BCUT2D eigenvalue weighted by atomic mass is 32.2. The van der Waals surface area contributed by atoms with Crippen LogP contribution in [0.25, 0.3) is 0 Å². The van der Waals surface area contributed by atoms with E-state index in [4.69, 9.17) is 14.6 Å². The maximum Gasteiger partial charge on any atom is 0.345 e. The lowest BCUT2D eigenvalue weighted by atomic mass is 10.1. The van der Waals surface area contributed by atoms with Gasteiger partial charge in [0.15, 0.2) is 0 Å². The van der Waals surface area contributed by atoms with Crippen molar-refractivity contribution in [3.8, 4) is 5.75 Å². The van der Waals surface area contributed by atoms with Gasteiger partial charge < -0.3 is 30.5 Å². The number of carboxylic acid groups (broad SMARTS) is 1. The third-order valence-electron chi connectivity index (χ3n) is 6.89. The highest BCUT2D eigenvalue weighted by Crippen LogP contribution is 2.25. The number of benzene rings is 2. The van der Waals surface area contributed by atoms with Crippen LogP contribution in [0.4, 0.5) is 10.5 Å². The molecule has 3 rings (SSSR count). The molecule has 1 saturated heterocycles. The fourth-order valence-electron chi connectivity index (χ4n) is 4.58. The smallest absolute Gasteiger partial charge is 0.345 e. The highest BCUT2D eigenvalue weighted by molar-refractivity contribution is 7.89. The Labute approximate surface area is 264 Å². The molecule has 0 spiro atoms. The van der Waals surface area contributed by atoms with Crippen LogP contribution in [0.3, 0.4) is 0 Å².